The zero-order chi connectivity index (χ0) is 14.9. The van der Waals surface area contributed by atoms with Gasteiger partial charge in [-0.25, -0.2) is 4.79 Å². The van der Waals surface area contributed by atoms with E-state index in [1.165, 1.54) is 51.0 Å². The monoisotopic (exact) mass is 287 g/mol. The summed E-state index contributed by atoms with van der Waals surface area (Å²) in [5.41, 5.74) is 1.36. The first-order valence-electron chi connectivity index (χ1n) is 8.07. The molecule has 0 amide bonds. The van der Waals surface area contributed by atoms with Gasteiger partial charge in [0, 0.05) is 29.8 Å². The molecule has 0 aliphatic rings. The van der Waals surface area contributed by atoms with E-state index in [4.69, 9.17) is 4.42 Å². The van der Waals surface area contributed by atoms with E-state index in [9.17, 15) is 4.79 Å². The van der Waals surface area contributed by atoms with Crippen molar-refractivity contribution < 1.29 is 4.42 Å². The van der Waals surface area contributed by atoms with Crippen LogP contribution in [0.5, 0.6) is 0 Å². The highest BCUT2D eigenvalue weighted by Gasteiger charge is 1.99. The first kappa shape index (κ1) is 15.6. The quantitative estimate of drug-likeness (QED) is 0.524. The molecule has 0 saturated carbocycles. The highest BCUT2D eigenvalue weighted by Crippen LogP contribution is 2.17. The summed E-state index contributed by atoms with van der Waals surface area (Å²) in [6.45, 7) is 3.21. The van der Waals surface area contributed by atoms with Gasteiger partial charge in [0.05, 0.1) is 0 Å². The van der Waals surface area contributed by atoms with E-state index in [-0.39, 0.29) is 5.63 Å². The van der Waals surface area contributed by atoms with Gasteiger partial charge in [-0.15, -0.1) is 0 Å². The fourth-order valence-corrected chi connectivity index (χ4v) is 2.49. The summed E-state index contributed by atoms with van der Waals surface area (Å²) in [5, 5.41) is 4.35. The zero-order valence-electron chi connectivity index (χ0n) is 12.9. The predicted octanol–water partition coefficient (Wildman–Crippen LogP) is 4.96. The Labute approximate surface area is 126 Å². The molecule has 114 valence electrons. The summed E-state index contributed by atoms with van der Waals surface area (Å²) in [7, 11) is 0. The van der Waals surface area contributed by atoms with Gasteiger partial charge in [0.15, 0.2) is 0 Å². The maximum Gasteiger partial charge on any atom is 0.336 e. The van der Waals surface area contributed by atoms with E-state index in [2.05, 4.69) is 12.2 Å². The van der Waals surface area contributed by atoms with E-state index in [0.29, 0.717) is 5.58 Å². The molecule has 2 rings (SSSR count). The minimum Gasteiger partial charge on any atom is -0.423 e. The van der Waals surface area contributed by atoms with Crippen LogP contribution in [-0.4, -0.2) is 6.54 Å². The second-order valence-electron chi connectivity index (χ2n) is 5.56. The van der Waals surface area contributed by atoms with E-state index >= 15 is 0 Å². The molecule has 1 heterocycles. The zero-order valence-corrected chi connectivity index (χ0v) is 12.9. The van der Waals surface area contributed by atoms with Crippen molar-refractivity contribution in [3.8, 4) is 0 Å². The van der Waals surface area contributed by atoms with Crippen LogP contribution in [0, 0.1) is 0 Å². The lowest BCUT2D eigenvalue weighted by atomic mass is 10.1. The lowest BCUT2D eigenvalue weighted by molar-refractivity contribution is 0.561. The second-order valence-corrected chi connectivity index (χ2v) is 5.56. The Morgan fingerprint density at radius 3 is 2.48 bits per heavy atom. The smallest absolute Gasteiger partial charge is 0.336 e. The number of anilines is 1. The van der Waals surface area contributed by atoms with Gasteiger partial charge in [0.25, 0.3) is 0 Å². The minimum absolute atomic E-state index is 0.299. The molecule has 0 aliphatic carbocycles. The molecule has 0 bridgehead atoms. The number of benzene rings is 1. The van der Waals surface area contributed by atoms with Crippen LogP contribution in [0.1, 0.15) is 51.9 Å². The summed E-state index contributed by atoms with van der Waals surface area (Å²) in [6.07, 6.45) is 9.18. The SMILES string of the molecule is CCCCCCCCCNc1ccc2ccc(=O)oc2c1. The second kappa shape index (κ2) is 8.50. The Morgan fingerprint density at radius 1 is 0.952 bits per heavy atom. The van der Waals surface area contributed by atoms with Gasteiger partial charge in [-0.1, -0.05) is 45.4 Å². The van der Waals surface area contributed by atoms with Crippen molar-refractivity contribution in [3.05, 3.63) is 40.8 Å². The Bertz CT molecular complexity index is 603. The Balaban J connectivity index is 1.72. The molecule has 3 heteroatoms. The van der Waals surface area contributed by atoms with Crippen LogP contribution >= 0.6 is 0 Å². The predicted molar refractivity (Wildman–Crippen MR) is 89.0 cm³/mol. The van der Waals surface area contributed by atoms with Crippen LogP contribution < -0.4 is 10.9 Å². The number of hydrogen-bond acceptors (Lipinski definition) is 3. The van der Waals surface area contributed by atoms with Gasteiger partial charge in [-0.05, 0) is 24.6 Å². The van der Waals surface area contributed by atoms with Crippen molar-refractivity contribution in [3.63, 3.8) is 0 Å². The normalized spacial score (nSPS) is 10.9. The maximum atomic E-state index is 11.2. The Hall–Kier alpha value is -1.77. The van der Waals surface area contributed by atoms with Gasteiger partial charge in [0.1, 0.15) is 5.58 Å². The number of unbranched alkanes of at least 4 members (excludes halogenated alkanes) is 6. The van der Waals surface area contributed by atoms with Crippen LogP contribution in [-0.2, 0) is 0 Å². The van der Waals surface area contributed by atoms with Crippen molar-refractivity contribution in [2.45, 2.75) is 51.9 Å². The molecule has 0 atom stereocenters. The first-order valence-corrected chi connectivity index (χ1v) is 8.07. The molecule has 1 aromatic carbocycles. The molecule has 0 fully saturated rings. The first-order chi connectivity index (χ1) is 10.3. The molecule has 2 aromatic rings. The van der Waals surface area contributed by atoms with Crippen molar-refractivity contribution in [2.75, 3.05) is 11.9 Å². The molecular weight excluding hydrogens is 262 g/mol. The van der Waals surface area contributed by atoms with Crippen LogP contribution in [0.4, 0.5) is 5.69 Å². The third-order valence-electron chi connectivity index (χ3n) is 3.73. The molecule has 0 radical (unpaired) electrons. The van der Waals surface area contributed by atoms with Crippen LogP contribution in [0.2, 0.25) is 0 Å². The number of nitrogens with one attached hydrogen (secondary N) is 1. The van der Waals surface area contributed by atoms with E-state index in [1.54, 1.807) is 6.07 Å². The van der Waals surface area contributed by atoms with Crippen molar-refractivity contribution in [2.24, 2.45) is 0 Å². The third-order valence-corrected chi connectivity index (χ3v) is 3.73. The highest BCUT2D eigenvalue weighted by molar-refractivity contribution is 5.80. The lowest BCUT2D eigenvalue weighted by Gasteiger charge is -2.07. The van der Waals surface area contributed by atoms with Gasteiger partial charge in [-0.2, -0.15) is 0 Å². The standard InChI is InChI=1S/C18H25NO2/c1-2-3-4-5-6-7-8-13-19-16-11-9-15-10-12-18(20)21-17(15)14-16/h9-12,14,19H,2-8,13H2,1H3. The van der Waals surface area contributed by atoms with Gasteiger partial charge in [0.2, 0.25) is 0 Å². The topological polar surface area (TPSA) is 42.2 Å². The molecule has 0 unspecified atom stereocenters. The summed E-state index contributed by atoms with van der Waals surface area (Å²) in [6, 6.07) is 9.15. The van der Waals surface area contributed by atoms with E-state index in [0.717, 1.165) is 17.6 Å². The number of rotatable bonds is 9. The summed E-state index contributed by atoms with van der Waals surface area (Å²) in [4.78, 5) is 11.2. The van der Waals surface area contributed by atoms with Gasteiger partial charge >= 0.3 is 5.63 Å². The molecule has 1 aromatic heterocycles. The van der Waals surface area contributed by atoms with Crippen molar-refractivity contribution in [1.29, 1.82) is 0 Å². The fraction of sp³-hybridized carbons (Fsp3) is 0.500. The summed E-state index contributed by atoms with van der Waals surface area (Å²) >= 11 is 0. The lowest BCUT2D eigenvalue weighted by Crippen LogP contribution is -2.01. The molecule has 21 heavy (non-hydrogen) atoms. The average Bonchev–Trinajstić information content (AvgIpc) is 2.49. The molecule has 0 saturated heterocycles. The molecule has 0 aliphatic heterocycles. The largest absolute Gasteiger partial charge is 0.423 e. The molecule has 3 nitrogen and oxygen atoms in total. The molecular formula is C18H25NO2. The fourth-order valence-electron chi connectivity index (χ4n) is 2.49. The van der Waals surface area contributed by atoms with Crippen molar-refractivity contribution in [1.82, 2.24) is 0 Å². The number of fused-ring (bicyclic) bond motifs is 1. The van der Waals surface area contributed by atoms with Gasteiger partial charge in [-0.3, -0.25) is 0 Å². The summed E-state index contributed by atoms with van der Waals surface area (Å²) in [5.74, 6) is 0. The minimum atomic E-state index is -0.299. The van der Waals surface area contributed by atoms with Crippen LogP contribution in [0.3, 0.4) is 0 Å². The highest BCUT2D eigenvalue weighted by atomic mass is 16.4. The van der Waals surface area contributed by atoms with Crippen LogP contribution in [0.15, 0.2) is 39.5 Å². The molecule has 1 N–H and O–H groups in total. The van der Waals surface area contributed by atoms with Crippen LogP contribution in [0.25, 0.3) is 11.0 Å². The summed E-state index contributed by atoms with van der Waals surface area (Å²) < 4.78 is 5.19. The Kier molecular flexibility index (Phi) is 6.32. The third kappa shape index (κ3) is 5.25. The average molecular weight is 287 g/mol. The number of hydrogen-bond donors (Lipinski definition) is 1. The maximum absolute atomic E-state index is 11.2. The van der Waals surface area contributed by atoms with E-state index < -0.39 is 0 Å². The Morgan fingerprint density at radius 2 is 1.67 bits per heavy atom. The van der Waals surface area contributed by atoms with Crippen molar-refractivity contribution >= 4 is 16.7 Å². The van der Waals surface area contributed by atoms with Gasteiger partial charge < -0.3 is 9.73 Å². The molecule has 0 spiro atoms. The van der Waals surface area contributed by atoms with E-state index in [1.807, 2.05) is 18.2 Å².